The summed E-state index contributed by atoms with van der Waals surface area (Å²) < 4.78 is 2.17. The van der Waals surface area contributed by atoms with Crippen LogP contribution in [-0.4, -0.2) is 9.38 Å². The number of hydrogen-bond acceptors (Lipinski definition) is 1. The molecule has 0 N–H and O–H groups in total. The fourth-order valence-corrected chi connectivity index (χ4v) is 3.88. The average molecular weight is 307 g/mol. The highest BCUT2D eigenvalue weighted by Crippen LogP contribution is 2.42. The van der Waals surface area contributed by atoms with Gasteiger partial charge >= 0.3 is 0 Å². The lowest BCUT2D eigenvalue weighted by Crippen LogP contribution is -2.09. The van der Waals surface area contributed by atoms with Crippen LogP contribution in [0.15, 0.2) is 48.8 Å². The first-order valence-electron chi connectivity index (χ1n) is 7.80. The highest BCUT2D eigenvalue weighted by atomic mass is 35.5. The minimum Gasteiger partial charge on any atom is -0.299 e. The molecule has 1 fully saturated rings. The number of nitrogens with zero attached hydrogens (tertiary/aromatic N) is 2. The van der Waals surface area contributed by atoms with Gasteiger partial charge in [-0.25, -0.2) is 4.98 Å². The Hall–Kier alpha value is -2.06. The van der Waals surface area contributed by atoms with E-state index in [1.165, 1.54) is 41.0 Å². The fraction of sp³-hybridized carbons (Fsp3) is 0.211. The predicted octanol–water partition coefficient (Wildman–Crippen LogP) is 5.56. The van der Waals surface area contributed by atoms with Crippen LogP contribution in [-0.2, 0) is 0 Å². The van der Waals surface area contributed by atoms with Gasteiger partial charge in [-0.2, -0.15) is 0 Å². The van der Waals surface area contributed by atoms with Crippen LogP contribution >= 0.6 is 11.6 Å². The maximum absolute atomic E-state index is 6.22. The smallest absolute Gasteiger partial charge is 0.145 e. The molecule has 1 aliphatic carbocycles. The van der Waals surface area contributed by atoms with Crippen molar-refractivity contribution >= 4 is 38.9 Å². The highest BCUT2D eigenvalue weighted by molar-refractivity contribution is 6.31. The SMILES string of the molecule is Clc1ccc2c3cccc(C4CCC4)c3c3nccn3c2c1. The van der Waals surface area contributed by atoms with E-state index in [4.69, 9.17) is 11.6 Å². The molecule has 0 amide bonds. The van der Waals surface area contributed by atoms with Gasteiger partial charge in [0.15, 0.2) is 0 Å². The van der Waals surface area contributed by atoms with Crippen LogP contribution < -0.4 is 0 Å². The predicted molar refractivity (Wildman–Crippen MR) is 91.8 cm³/mol. The lowest BCUT2D eigenvalue weighted by Gasteiger charge is -2.27. The van der Waals surface area contributed by atoms with Crippen molar-refractivity contribution in [2.75, 3.05) is 0 Å². The van der Waals surface area contributed by atoms with Crippen LogP contribution in [0, 0.1) is 0 Å². The monoisotopic (exact) mass is 306 g/mol. The molecule has 4 aromatic rings. The van der Waals surface area contributed by atoms with Crippen LogP contribution in [0.5, 0.6) is 0 Å². The van der Waals surface area contributed by atoms with Crippen LogP contribution in [0.4, 0.5) is 0 Å². The molecule has 0 unspecified atom stereocenters. The van der Waals surface area contributed by atoms with Gasteiger partial charge in [-0.05, 0) is 41.8 Å². The third-order valence-electron chi connectivity index (χ3n) is 5.02. The maximum Gasteiger partial charge on any atom is 0.145 e. The molecule has 0 radical (unpaired) electrons. The van der Waals surface area contributed by atoms with Gasteiger partial charge in [0.05, 0.1) is 5.52 Å². The summed E-state index contributed by atoms with van der Waals surface area (Å²) in [5.41, 5.74) is 3.63. The average Bonchev–Trinajstić information content (AvgIpc) is 2.95. The summed E-state index contributed by atoms with van der Waals surface area (Å²) in [5.74, 6) is 0.689. The molecule has 2 aromatic carbocycles. The number of imidazole rings is 1. The number of rotatable bonds is 1. The topological polar surface area (TPSA) is 17.3 Å². The molecule has 2 heterocycles. The van der Waals surface area contributed by atoms with Crippen molar-refractivity contribution in [1.82, 2.24) is 9.38 Å². The van der Waals surface area contributed by atoms with Crippen molar-refractivity contribution in [2.24, 2.45) is 0 Å². The van der Waals surface area contributed by atoms with Crippen molar-refractivity contribution in [1.29, 1.82) is 0 Å². The molecule has 0 aliphatic heterocycles. The highest BCUT2D eigenvalue weighted by Gasteiger charge is 2.23. The molecular weight excluding hydrogens is 292 g/mol. The zero-order valence-corrected chi connectivity index (χ0v) is 12.8. The largest absolute Gasteiger partial charge is 0.299 e. The zero-order chi connectivity index (χ0) is 14.7. The number of halogens is 1. The van der Waals surface area contributed by atoms with E-state index >= 15 is 0 Å². The van der Waals surface area contributed by atoms with Crippen molar-refractivity contribution in [3.8, 4) is 0 Å². The minimum atomic E-state index is 0.689. The molecule has 0 spiro atoms. The zero-order valence-electron chi connectivity index (χ0n) is 12.1. The van der Waals surface area contributed by atoms with E-state index in [0.29, 0.717) is 5.92 Å². The Labute approximate surface area is 133 Å². The molecule has 2 aromatic heterocycles. The summed E-state index contributed by atoms with van der Waals surface area (Å²) in [6.45, 7) is 0. The Balaban J connectivity index is 2.04. The first-order valence-corrected chi connectivity index (χ1v) is 8.17. The standard InChI is InChI=1S/C19H15ClN2/c20-13-7-8-15-16-6-2-5-14(12-3-1-4-12)18(16)19-21-9-10-22(19)17(15)11-13/h2,5-12H,1,3-4H2. The number of aromatic nitrogens is 2. The van der Waals surface area contributed by atoms with Crippen LogP contribution in [0.1, 0.15) is 30.7 Å². The quantitative estimate of drug-likeness (QED) is 0.421. The van der Waals surface area contributed by atoms with Crippen LogP contribution in [0.2, 0.25) is 5.02 Å². The molecule has 0 atom stereocenters. The van der Waals surface area contributed by atoms with Gasteiger partial charge in [0.2, 0.25) is 0 Å². The first kappa shape index (κ1) is 12.5. The molecule has 0 saturated heterocycles. The van der Waals surface area contributed by atoms with Gasteiger partial charge in [0.1, 0.15) is 5.65 Å². The van der Waals surface area contributed by atoms with Crippen LogP contribution in [0.3, 0.4) is 0 Å². The second-order valence-corrected chi connectivity index (χ2v) is 6.62. The second-order valence-electron chi connectivity index (χ2n) is 6.18. The molecule has 3 heteroatoms. The van der Waals surface area contributed by atoms with E-state index in [9.17, 15) is 0 Å². The third-order valence-corrected chi connectivity index (χ3v) is 5.25. The van der Waals surface area contributed by atoms with E-state index < -0.39 is 0 Å². The lowest BCUT2D eigenvalue weighted by molar-refractivity contribution is 0.422. The maximum atomic E-state index is 6.22. The number of fused-ring (bicyclic) bond motifs is 6. The van der Waals surface area contributed by atoms with E-state index in [0.717, 1.165) is 16.2 Å². The summed E-state index contributed by atoms with van der Waals surface area (Å²) in [6.07, 6.45) is 7.85. The molecule has 108 valence electrons. The number of pyridine rings is 1. The Morgan fingerprint density at radius 2 is 2.00 bits per heavy atom. The molecule has 5 rings (SSSR count). The number of hydrogen-bond donors (Lipinski definition) is 0. The number of benzene rings is 2. The fourth-order valence-electron chi connectivity index (χ4n) is 3.72. The van der Waals surface area contributed by atoms with E-state index in [1.807, 2.05) is 24.5 Å². The minimum absolute atomic E-state index is 0.689. The van der Waals surface area contributed by atoms with Gasteiger partial charge in [-0.1, -0.05) is 42.3 Å². The van der Waals surface area contributed by atoms with Crippen molar-refractivity contribution in [3.05, 3.63) is 59.4 Å². The van der Waals surface area contributed by atoms with Gasteiger partial charge in [0.25, 0.3) is 0 Å². The second kappa shape index (κ2) is 4.47. The third kappa shape index (κ3) is 1.59. The van der Waals surface area contributed by atoms with Crippen molar-refractivity contribution < 1.29 is 0 Å². The van der Waals surface area contributed by atoms with Crippen molar-refractivity contribution in [2.45, 2.75) is 25.2 Å². The first-order chi connectivity index (χ1) is 10.8. The molecule has 22 heavy (non-hydrogen) atoms. The summed E-state index contributed by atoms with van der Waals surface area (Å²) in [5, 5.41) is 4.60. The van der Waals surface area contributed by atoms with E-state index in [2.05, 4.69) is 33.7 Å². The van der Waals surface area contributed by atoms with Crippen molar-refractivity contribution in [3.63, 3.8) is 0 Å². The Morgan fingerprint density at radius 1 is 1.09 bits per heavy atom. The molecule has 0 bridgehead atoms. The molecule has 1 aliphatic rings. The van der Waals surface area contributed by atoms with Gasteiger partial charge in [-0.15, -0.1) is 0 Å². The van der Waals surface area contributed by atoms with Gasteiger partial charge in [0, 0.05) is 28.2 Å². The summed E-state index contributed by atoms with van der Waals surface area (Å²) >= 11 is 6.22. The summed E-state index contributed by atoms with van der Waals surface area (Å²) in [4.78, 5) is 4.65. The lowest BCUT2D eigenvalue weighted by atomic mass is 9.78. The Bertz CT molecular complexity index is 1030. The normalized spacial score (nSPS) is 15.7. The molecule has 1 saturated carbocycles. The van der Waals surface area contributed by atoms with Crippen LogP contribution in [0.25, 0.3) is 27.3 Å². The molecule has 2 nitrogen and oxygen atoms in total. The Morgan fingerprint density at radius 3 is 2.82 bits per heavy atom. The van der Waals surface area contributed by atoms with E-state index in [1.54, 1.807) is 0 Å². The Kier molecular flexibility index (Phi) is 2.53. The van der Waals surface area contributed by atoms with E-state index in [-0.39, 0.29) is 0 Å². The summed E-state index contributed by atoms with van der Waals surface area (Å²) in [6, 6.07) is 12.8. The molecular formula is C19H15ClN2. The van der Waals surface area contributed by atoms with Gasteiger partial charge in [-0.3, -0.25) is 4.40 Å². The summed E-state index contributed by atoms with van der Waals surface area (Å²) in [7, 11) is 0. The van der Waals surface area contributed by atoms with Gasteiger partial charge < -0.3 is 0 Å².